The van der Waals surface area contributed by atoms with Crippen molar-refractivity contribution < 1.29 is 9.59 Å². The molecule has 0 aliphatic rings. The summed E-state index contributed by atoms with van der Waals surface area (Å²) in [7, 11) is 0. The third-order valence-corrected chi connectivity index (χ3v) is 4.48. The third-order valence-electron chi connectivity index (χ3n) is 3.61. The molecule has 1 aromatic heterocycles. The summed E-state index contributed by atoms with van der Waals surface area (Å²) in [5.41, 5.74) is 1.04. The van der Waals surface area contributed by atoms with Crippen molar-refractivity contribution in [1.29, 1.82) is 0 Å². The normalized spacial score (nSPS) is 11.7. The molecule has 0 fully saturated rings. The Morgan fingerprint density at radius 2 is 1.78 bits per heavy atom. The van der Waals surface area contributed by atoms with E-state index in [0.717, 1.165) is 12.0 Å². The maximum absolute atomic E-state index is 12.3. The van der Waals surface area contributed by atoms with Crippen molar-refractivity contribution in [3.8, 4) is 0 Å². The molecule has 2 rings (SSSR count). The highest BCUT2D eigenvalue weighted by atomic mass is 32.1. The highest BCUT2D eigenvalue weighted by Crippen LogP contribution is 2.19. The summed E-state index contributed by atoms with van der Waals surface area (Å²) in [6, 6.07) is 13.5. The molecule has 2 aromatic rings. The lowest BCUT2D eigenvalue weighted by molar-refractivity contribution is -0.122. The van der Waals surface area contributed by atoms with Crippen molar-refractivity contribution in [3.05, 3.63) is 58.3 Å². The van der Waals surface area contributed by atoms with Crippen LogP contribution in [0.2, 0.25) is 0 Å². The van der Waals surface area contributed by atoms with Crippen molar-refractivity contribution in [3.63, 3.8) is 0 Å². The highest BCUT2D eigenvalue weighted by Gasteiger charge is 2.17. The number of amides is 2. The van der Waals surface area contributed by atoms with E-state index in [1.165, 1.54) is 11.3 Å². The molecule has 1 aromatic carbocycles. The van der Waals surface area contributed by atoms with E-state index < -0.39 is 0 Å². The Bertz CT molecular complexity index is 611. The van der Waals surface area contributed by atoms with Crippen molar-refractivity contribution in [2.45, 2.75) is 25.7 Å². The van der Waals surface area contributed by atoms with E-state index >= 15 is 0 Å². The number of benzene rings is 1. The molecule has 0 aliphatic heterocycles. The average molecular weight is 330 g/mol. The maximum Gasteiger partial charge on any atom is 0.261 e. The first-order chi connectivity index (χ1) is 11.2. The van der Waals surface area contributed by atoms with Crippen LogP contribution < -0.4 is 10.6 Å². The van der Waals surface area contributed by atoms with Crippen LogP contribution in [0.1, 0.15) is 40.9 Å². The largest absolute Gasteiger partial charge is 0.356 e. The zero-order chi connectivity index (χ0) is 16.5. The number of nitrogens with one attached hydrogen (secondary N) is 2. The smallest absolute Gasteiger partial charge is 0.261 e. The van der Waals surface area contributed by atoms with Crippen LogP contribution in [0.4, 0.5) is 0 Å². The first-order valence-electron chi connectivity index (χ1n) is 7.86. The van der Waals surface area contributed by atoms with Gasteiger partial charge in [0.05, 0.1) is 10.8 Å². The van der Waals surface area contributed by atoms with Crippen LogP contribution >= 0.6 is 11.3 Å². The van der Waals surface area contributed by atoms with E-state index in [1.54, 1.807) is 6.07 Å². The predicted molar refractivity (Wildman–Crippen MR) is 93.8 cm³/mol. The molecule has 2 amide bonds. The van der Waals surface area contributed by atoms with Gasteiger partial charge in [0.15, 0.2) is 0 Å². The second-order valence-electron chi connectivity index (χ2n) is 5.25. The molecule has 0 saturated carbocycles. The van der Waals surface area contributed by atoms with Gasteiger partial charge in [-0.05, 0) is 29.9 Å². The Labute approximate surface area is 140 Å². The molecular formula is C18H22N2O2S. The van der Waals surface area contributed by atoms with Crippen LogP contribution in [0.5, 0.6) is 0 Å². The molecule has 122 valence electrons. The molecule has 0 saturated heterocycles. The maximum atomic E-state index is 12.3. The van der Waals surface area contributed by atoms with Crippen LogP contribution in [-0.4, -0.2) is 24.9 Å². The molecule has 0 aliphatic carbocycles. The fourth-order valence-corrected chi connectivity index (χ4v) is 3.02. The minimum atomic E-state index is -0.114. The predicted octanol–water partition coefficient (Wildman–Crippen LogP) is 3.18. The fourth-order valence-electron chi connectivity index (χ4n) is 2.38. The van der Waals surface area contributed by atoms with Crippen molar-refractivity contribution in [2.75, 3.05) is 13.1 Å². The lowest BCUT2D eigenvalue weighted by Crippen LogP contribution is -2.32. The summed E-state index contributed by atoms with van der Waals surface area (Å²) >= 11 is 1.42. The third kappa shape index (κ3) is 5.21. The van der Waals surface area contributed by atoms with Gasteiger partial charge in [-0.1, -0.05) is 43.3 Å². The standard InChI is InChI=1S/C18H22N2O2S/c1-2-15(14-8-4-3-5-9-14)17(21)19-11-7-12-20-18(22)16-10-6-13-23-16/h3-6,8-10,13,15H,2,7,11-12H2,1H3,(H,19,21)(H,20,22). The monoisotopic (exact) mass is 330 g/mol. The summed E-state index contributed by atoms with van der Waals surface area (Å²) < 4.78 is 0. The highest BCUT2D eigenvalue weighted by molar-refractivity contribution is 7.12. The zero-order valence-corrected chi connectivity index (χ0v) is 14.1. The molecule has 0 spiro atoms. The van der Waals surface area contributed by atoms with Crippen LogP contribution in [0.3, 0.4) is 0 Å². The average Bonchev–Trinajstić information content (AvgIpc) is 3.10. The summed E-state index contributed by atoms with van der Waals surface area (Å²) in [5, 5.41) is 7.69. The Balaban J connectivity index is 1.69. The van der Waals surface area contributed by atoms with Gasteiger partial charge in [-0.3, -0.25) is 9.59 Å². The second-order valence-corrected chi connectivity index (χ2v) is 6.20. The Morgan fingerprint density at radius 1 is 1.04 bits per heavy atom. The summed E-state index contributed by atoms with van der Waals surface area (Å²) in [5.74, 6) is -0.123. The Morgan fingerprint density at radius 3 is 2.43 bits per heavy atom. The molecule has 2 N–H and O–H groups in total. The minimum Gasteiger partial charge on any atom is -0.356 e. The van der Waals surface area contributed by atoms with Gasteiger partial charge in [0.1, 0.15) is 0 Å². The molecule has 23 heavy (non-hydrogen) atoms. The molecule has 1 heterocycles. The van der Waals surface area contributed by atoms with Gasteiger partial charge in [0.2, 0.25) is 5.91 Å². The second kappa shape index (κ2) is 9.10. The lowest BCUT2D eigenvalue weighted by Gasteiger charge is -2.15. The van der Waals surface area contributed by atoms with Crippen LogP contribution in [-0.2, 0) is 4.79 Å². The first-order valence-corrected chi connectivity index (χ1v) is 8.74. The molecule has 1 atom stereocenters. The number of carbonyl (C=O) groups is 2. The molecule has 1 unspecified atom stereocenters. The van der Waals surface area contributed by atoms with Crippen LogP contribution in [0.15, 0.2) is 47.8 Å². The van der Waals surface area contributed by atoms with Gasteiger partial charge < -0.3 is 10.6 Å². The van der Waals surface area contributed by atoms with Crippen molar-refractivity contribution in [1.82, 2.24) is 10.6 Å². The fraction of sp³-hybridized carbons (Fsp3) is 0.333. The van der Waals surface area contributed by atoms with E-state index in [9.17, 15) is 9.59 Å². The lowest BCUT2D eigenvalue weighted by atomic mass is 9.96. The van der Waals surface area contributed by atoms with Gasteiger partial charge in [0, 0.05) is 13.1 Å². The summed E-state index contributed by atoms with van der Waals surface area (Å²) in [6.45, 7) is 3.13. The number of rotatable bonds is 8. The van der Waals surface area contributed by atoms with E-state index in [-0.39, 0.29) is 17.7 Å². The summed E-state index contributed by atoms with van der Waals surface area (Å²) in [4.78, 5) is 24.7. The zero-order valence-electron chi connectivity index (χ0n) is 13.2. The topological polar surface area (TPSA) is 58.2 Å². The van der Waals surface area contributed by atoms with Crippen molar-refractivity contribution in [2.24, 2.45) is 0 Å². The SMILES string of the molecule is CCC(C(=O)NCCCNC(=O)c1cccs1)c1ccccc1. The van der Waals surface area contributed by atoms with Gasteiger partial charge in [0.25, 0.3) is 5.91 Å². The first kappa shape index (κ1) is 17.2. The number of carbonyl (C=O) groups excluding carboxylic acids is 2. The molecular weight excluding hydrogens is 308 g/mol. The van der Waals surface area contributed by atoms with E-state index in [2.05, 4.69) is 10.6 Å². The minimum absolute atomic E-state index is 0.0447. The molecule has 4 nitrogen and oxygen atoms in total. The summed E-state index contributed by atoms with van der Waals surface area (Å²) in [6.07, 6.45) is 1.49. The van der Waals surface area contributed by atoms with E-state index in [0.29, 0.717) is 24.4 Å². The number of hydrogen-bond acceptors (Lipinski definition) is 3. The van der Waals surface area contributed by atoms with Gasteiger partial charge in [-0.2, -0.15) is 0 Å². The quantitative estimate of drug-likeness (QED) is 0.730. The van der Waals surface area contributed by atoms with Crippen LogP contribution in [0.25, 0.3) is 0 Å². The number of thiophene rings is 1. The number of hydrogen-bond donors (Lipinski definition) is 2. The Kier molecular flexibility index (Phi) is 6.81. The van der Waals surface area contributed by atoms with E-state index in [1.807, 2.05) is 48.7 Å². The molecule has 0 bridgehead atoms. The molecule has 0 radical (unpaired) electrons. The van der Waals surface area contributed by atoms with Gasteiger partial charge in [-0.15, -0.1) is 11.3 Å². The van der Waals surface area contributed by atoms with E-state index in [4.69, 9.17) is 0 Å². The Hall–Kier alpha value is -2.14. The van der Waals surface area contributed by atoms with Gasteiger partial charge >= 0.3 is 0 Å². The van der Waals surface area contributed by atoms with Crippen molar-refractivity contribution >= 4 is 23.2 Å². The van der Waals surface area contributed by atoms with Crippen LogP contribution in [0, 0.1) is 0 Å². The van der Waals surface area contributed by atoms with Gasteiger partial charge in [-0.25, -0.2) is 0 Å². The molecule has 5 heteroatoms.